The maximum absolute atomic E-state index is 12.0. The molecule has 1 aliphatic carbocycles. The van der Waals surface area contributed by atoms with E-state index in [0.717, 1.165) is 10.9 Å². The second kappa shape index (κ2) is 5.06. The number of carbonyl (C=O) groups is 2. The molecule has 0 atom stereocenters. The second-order valence-corrected chi connectivity index (χ2v) is 5.44. The predicted molar refractivity (Wildman–Crippen MR) is 68.2 cm³/mol. The van der Waals surface area contributed by atoms with Crippen molar-refractivity contribution in [3.05, 3.63) is 28.5 Å². The van der Waals surface area contributed by atoms with Crippen molar-refractivity contribution in [3.8, 4) is 0 Å². The first kappa shape index (κ1) is 13.0. The summed E-state index contributed by atoms with van der Waals surface area (Å²) in [6.07, 6.45) is 3.87. The molecule has 2 N–H and O–H groups in total. The lowest BCUT2D eigenvalue weighted by Crippen LogP contribution is -2.54. The number of amides is 1. The van der Waals surface area contributed by atoms with Gasteiger partial charge in [0.1, 0.15) is 5.69 Å². The first-order chi connectivity index (χ1) is 8.51. The minimum atomic E-state index is -0.890. The van der Waals surface area contributed by atoms with E-state index in [1.165, 1.54) is 0 Å². The Labute approximate surface area is 113 Å². The number of hydrogen-bond donors (Lipinski definition) is 2. The van der Waals surface area contributed by atoms with Gasteiger partial charge in [0.25, 0.3) is 5.91 Å². The van der Waals surface area contributed by atoms with E-state index in [4.69, 9.17) is 5.11 Å². The van der Waals surface area contributed by atoms with E-state index in [9.17, 15) is 9.59 Å². The summed E-state index contributed by atoms with van der Waals surface area (Å²) in [7, 11) is 0. The van der Waals surface area contributed by atoms with Crippen LogP contribution in [0.25, 0.3) is 0 Å². The normalized spacial score (nSPS) is 16.7. The van der Waals surface area contributed by atoms with E-state index in [1.54, 1.807) is 18.3 Å². The highest BCUT2D eigenvalue weighted by molar-refractivity contribution is 9.10. The molecular weight excluding hydrogens is 300 g/mol. The van der Waals surface area contributed by atoms with Gasteiger partial charge in [-0.25, -0.2) is 4.98 Å². The van der Waals surface area contributed by atoms with Crippen LogP contribution in [0.5, 0.6) is 0 Å². The van der Waals surface area contributed by atoms with Crippen molar-refractivity contribution in [1.82, 2.24) is 10.3 Å². The summed E-state index contributed by atoms with van der Waals surface area (Å²) in [5.74, 6) is -1.21. The van der Waals surface area contributed by atoms with E-state index in [-0.39, 0.29) is 12.3 Å². The van der Waals surface area contributed by atoms with Crippen LogP contribution in [0.15, 0.2) is 22.8 Å². The van der Waals surface area contributed by atoms with Crippen LogP contribution in [0, 0.1) is 0 Å². The van der Waals surface area contributed by atoms with Gasteiger partial charge in [0.2, 0.25) is 0 Å². The second-order valence-electron chi connectivity index (χ2n) is 4.52. The first-order valence-corrected chi connectivity index (χ1v) is 6.46. The number of halogens is 1. The van der Waals surface area contributed by atoms with Gasteiger partial charge in [-0.05, 0) is 47.3 Å². The number of carboxylic acid groups (broad SMARTS) is 1. The summed E-state index contributed by atoms with van der Waals surface area (Å²) in [6.45, 7) is 0. The largest absolute Gasteiger partial charge is 0.481 e. The van der Waals surface area contributed by atoms with Crippen LogP contribution in [0.3, 0.4) is 0 Å². The highest BCUT2D eigenvalue weighted by Gasteiger charge is 2.40. The van der Waals surface area contributed by atoms with Gasteiger partial charge in [-0.3, -0.25) is 9.59 Å². The highest BCUT2D eigenvalue weighted by atomic mass is 79.9. The fraction of sp³-hybridized carbons (Fsp3) is 0.417. The summed E-state index contributed by atoms with van der Waals surface area (Å²) in [4.78, 5) is 26.8. The van der Waals surface area contributed by atoms with Crippen molar-refractivity contribution in [2.24, 2.45) is 0 Å². The number of hydrogen-bond acceptors (Lipinski definition) is 3. The number of carboxylic acids is 1. The van der Waals surface area contributed by atoms with Crippen molar-refractivity contribution in [1.29, 1.82) is 0 Å². The molecule has 5 nitrogen and oxygen atoms in total. The van der Waals surface area contributed by atoms with E-state index >= 15 is 0 Å². The van der Waals surface area contributed by atoms with Crippen LogP contribution >= 0.6 is 15.9 Å². The van der Waals surface area contributed by atoms with Crippen LogP contribution in [-0.2, 0) is 4.79 Å². The Kier molecular flexibility index (Phi) is 3.65. The molecule has 1 saturated carbocycles. The molecule has 1 amide bonds. The monoisotopic (exact) mass is 312 g/mol. The zero-order valence-corrected chi connectivity index (χ0v) is 11.2. The van der Waals surface area contributed by atoms with E-state index in [0.29, 0.717) is 18.5 Å². The third-order valence-electron chi connectivity index (χ3n) is 3.14. The number of aromatic nitrogens is 1. The molecule has 6 heteroatoms. The van der Waals surface area contributed by atoms with E-state index in [2.05, 4.69) is 26.2 Å². The fourth-order valence-corrected chi connectivity index (χ4v) is 2.29. The summed E-state index contributed by atoms with van der Waals surface area (Å²) < 4.78 is 0.794. The Morgan fingerprint density at radius 1 is 1.44 bits per heavy atom. The summed E-state index contributed by atoms with van der Waals surface area (Å²) in [6, 6.07) is 3.33. The molecule has 0 radical (unpaired) electrons. The molecule has 0 saturated heterocycles. The van der Waals surface area contributed by atoms with Crippen LogP contribution < -0.4 is 5.32 Å². The Morgan fingerprint density at radius 3 is 2.61 bits per heavy atom. The van der Waals surface area contributed by atoms with Gasteiger partial charge >= 0.3 is 5.97 Å². The van der Waals surface area contributed by atoms with E-state index in [1.807, 2.05) is 0 Å². The maximum atomic E-state index is 12.0. The minimum Gasteiger partial charge on any atom is -0.481 e. The van der Waals surface area contributed by atoms with Gasteiger partial charge in [0.15, 0.2) is 0 Å². The van der Waals surface area contributed by atoms with Crippen molar-refractivity contribution in [2.45, 2.75) is 31.2 Å². The molecule has 1 aromatic heterocycles. The minimum absolute atomic E-state index is 0.0325. The van der Waals surface area contributed by atoms with Crippen LogP contribution in [0.4, 0.5) is 0 Å². The summed E-state index contributed by atoms with van der Waals surface area (Å²) in [5.41, 5.74) is -0.285. The summed E-state index contributed by atoms with van der Waals surface area (Å²) >= 11 is 3.24. The standard InChI is InChI=1S/C12H13BrN2O3/c13-8-2-3-9(14-7-8)11(18)15-12(4-1-5-12)6-10(16)17/h2-3,7H,1,4-6H2,(H,15,18)(H,16,17). The molecule has 96 valence electrons. The van der Waals surface area contributed by atoms with Gasteiger partial charge < -0.3 is 10.4 Å². The third-order valence-corrected chi connectivity index (χ3v) is 3.61. The molecule has 1 aromatic rings. The van der Waals surface area contributed by atoms with Crippen LogP contribution in [0.1, 0.15) is 36.2 Å². The SMILES string of the molecule is O=C(O)CC1(NC(=O)c2ccc(Br)cn2)CCC1. The topological polar surface area (TPSA) is 79.3 Å². The highest BCUT2D eigenvalue weighted by Crippen LogP contribution is 2.35. The van der Waals surface area contributed by atoms with Crippen molar-refractivity contribution < 1.29 is 14.7 Å². The lowest BCUT2D eigenvalue weighted by Gasteiger charge is -2.41. The molecule has 1 fully saturated rings. The molecule has 1 aliphatic rings. The molecule has 18 heavy (non-hydrogen) atoms. The van der Waals surface area contributed by atoms with Gasteiger partial charge in [0.05, 0.1) is 12.0 Å². The number of pyridine rings is 1. The molecular formula is C12H13BrN2O3. The van der Waals surface area contributed by atoms with Gasteiger partial charge in [-0.2, -0.15) is 0 Å². The zero-order chi connectivity index (χ0) is 13.2. The Morgan fingerprint density at radius 2 is 2.17 bits per heavy atom. The molecule has 2 rings (SSSR count). The Balaban J connectivity index is 2.06. The molecule has 0 aromatic carbocycles. The molecule has 0 spiro atoms. The first-order valence-electron chi connectivity index (χ1n) is 5.67. The molecule has 0 aliphatic heterocycles. The fourth-order valence-electron chi connectivity index (χ4n) is 2.05. The number of nitrogens with one attached hydrogen (secondary N) is 1. The van der Waals surface area contributed by atoms with Gasteiger partial charge in [-0.15, -0.1) is 0 Å². The predicted octanol–water partition coefficient (Wildman–Crippen LogP) is 1.97. The molecule has 0 bridgehead atoms. The molecule has 0 unspecified atom stereocenters. The Bertz CT molecular complexity index is 469. The lowest BCUT2D eigenvalue weighted by atomic mass is 9.74. The zero-order valence-electron chi connectivity index (χ0n) is 9.65. The number of carbonyl (C=O) groups excluding carboxylic acids is 1. The van der Waals surface area contributed by atoms with Crippen molar-refractivity contribution in [2.75, 3.05) is 0 Å². The smallest absolute Gasteiger partial charge is 0.305 e. The van der Waals surface area contributed by atoms with E-state index < -0.39 is 11.5 Å². The van der Waals surface area contributed by atoms with Crippen molar-refractivity contribution in [3.63, 3.8) is 0 Å². The average molecular weight is 313 g/mol. The lowest BCUT2D eigenvalue weighted by molar-refractivity contribution is -0.139. The quantitative estimate of drug-likeness (QED) is 0.891. The maximum Gasteiger partial charge on any atom is 0.305 e. The summed E-state index contributed by atoms with van der Waals surface area (Å²) in [5, 5.41) is 11.7. The number of nitrogens with zero attached hydrogens (tertiary/aromatic N) is 1. The van der Waals surface area contributed by atoms with Crippen LogP contribution in [0.2, 0.25) is 0 Å². The Hall–Kier alpha value is -1.43. The number of rotatable bonds is 4. The third kappa shape index (κ3) is 2.87. The van der Waals surface area contributed by atoms with Crippen LogP contribution in [-0.4, -0.2) is 27.5 Å². The molecule has 1 heterocycles. The van der Waals surface area contributed by atoms with Gasteiger partial charge in [0, 0.05) is 10.7 Å². The average Bonchev–Trinajstić information content (AvgIpc) is 2.26. The van der Waals surface area contributed by atoms with Crippen molar-refractivity contribution >= 4 is 27.8 Å². The van der Waals surface area contributed by atoms with Gasteiger partial charge in [-0.1, -0.05) is 0 Å². The number of aliphatic carboxylic acids is 1.